The summed E-state index contributed by atoms with van der Waals surface area (Å²) in [5, 5.41) is 10.0. The Balaban J connectivity index is 0.000000139. The third-order valence-corrected chi connectivity index (χ3v) is 23.0. The molecule has 0 bridgehead atoms. The van der Waals surface area contributed by atoms with Crippen molar-refractivity contribution < 1.29 is 0 Å². The molecule has 0 N–H and O–H groups in total. The van der Waals surface area contributed by atoms with Crippen molar-refractivity contribution >= 4 is 87.2 Å². The molecule has 4 nitrogen and oxygen atoms in total. The molecule has 512 valence electrons. The van der Waals surface area contributed by atoms with Gasteiger partial charge in [0.15, 0.2) is 0 Å². The topological polar surface area (TPSA) is 19.7 Å². The summed E-state index contributed by atoms with van der Waals surface area (Å²) in [6.45, 7) is 4.72. The van der Waals surface area contributed by atoms with E-state index in [-0.39, 0.29) is 5.41 Å². The van der Waals surface area contributed by atoms with Gasteiger partial charge in [-0.05, 0) is 204 Å². The van der Waals surface area contributed by atoms with Crippen LogP contribution in [-0.4, -0.2) is 18.3 Å². The van der Waals surface area contributed by atoms with Crippen LogP contribution in [0.4, 0.5) is 0 Å². The Labute approximate surface area is 632 Å². The third kappa shape index (κ3) is 10.6. The zero-order chi connectivity index (χ0) is 72.3. The second-order valence-electron chi connectivity index (χ2n) is 29.6. The SMILES string of the molecule is CC1(C)c2ccccc2-c2ccc(-n3c4ccccc4c4ccc(-c5ccc6c(c5)c5ccccc5n6-c5ccc(-c6ccccc6)cc5)cc43)cc21.c1ccc(-c2ccc(-n3c4ccccc4c4cc(-c5ccc6c7ccccc7n(-c7cc(-c8ccccc8)cc(-c8ccccc8)c7)c6c5)ccc43)cc2)cc1. The van der Waals surface area contributed by atoms with E-state index in [2.05, 4.69) is 432 Å². The maximum atomic E-state index is 2.47. The molecule has 0 spiro atoms. The van der Waals surface area contributed by atoms with E-state index < -0.39 is 0 Å². The molecule has 0 saturated carbocycles. The van der Waals surface area contributed by atoms with Crippen LogP contribution in [0, 0.1) is 0 Å². The molecule has 22 rings (SSSR count). The minimum atomic E-state index is -0.0651. The first-order valence-corrected chi connectivity index (χ1v) is 37.8. The Bertz CT molecular complexity index is 7080. The lowest BCUT2D eigenvalue weighted by atomic mass is 9.82. The fourth-order valence-corrected chi connectivity index (χ4v) is 17.8. The number of aromatic nitrogens is 4. The van der Waals surface area contributed by atoms with Gasteiger partial charge in [-0.1, -0.05) is 299 Å². The fraction of sp³-hybridized carbons (Fsp3) is 0.0286. The van der Waals surface area contributed by atoms with Crippen molar-refractivity contribution in [2.24, 2.45) is 0 Å². The summed E-state index contributed by atoms with van der Waals surface area (Å²) in [6, 6.07) is 147. The van der Waals surface area contributed by atoms with Crippen LogP contribution in [0.2, 0.25) is 0 Å². The van der Waals surface area contributed by atoms with E-state index >= 15 is 0 Å². The van der Waals surface area contributed by atoms with Gasteiger partial charge in [0.25, 0.3) is 0 Å². The molecule has 17 aromatic carbocycles. The minimum absolute atomic E-state index is 0.0651. The Kier molecular flexibility index (Phi) is 14.9. The van der Waals surface area contributed by atoms with Crippen molar-refractivity contribution in [1.82, 2.24) is 18.3 Å². The van der Waals surface area contributed by atoms with Gasteiger partial charge < -0.3 is 18.3 Å². The number of benzene rings is 17. The normalized spacial score (nSPS) is 12.4. The van der Waals surface area contributed by atoms with Gasteiger partial charge in [-0.25, -0.2) is 0 Å². The lowest BCUT2D eigenvalue weighted by Gasteiger charge is -2.22. The first-order valence-electron chi connectivity index (χ1n) is 37.8. The van der Waals surface area contributed by atoms with Crippen LogP contribution in [0.1, 0.15) is 25.0 Å². The summed E-state index contributed by atoms with van der Waals surface area (Å²) in [5.74, 6) is 0. The average molecular weight is 1390 g/mol. The number of hydrogen-bond donors (Lipinski definition) is 0. The number of rotatable bonds is 10. The van der Waals surface area contributed by atoms with E-state index in [1.807, 2.05) is 0 Å². The van der Waals surface area contributed by atoms with Gasteiger partial charge >= 0.3 is 0 Å². The monoisotopic (exact) mass is 1390 g/mol. The van der Waals surface area contributed by atoms with Crippen LogP contribution in [0.15, 0.2) is 400 Å². The highest BCUT2D eigenvalue weighted by molar-refractivity contribution is 6.15. The zero-order valence-corrected chi connectivity index (χ0v) is 60.4. The van der Waals surface area contributed by atoms with Crippen LogP contribution in [0.25, 0.3) is 188 Å². The van der Waals surface area contributed by atoms with Crippen molar-refractivity contribution in [3.8, 4) is 101 Å². The Morgan fingerprint density at radius 2 is 0.450 bits per heavy atom. The number of para-hydroxylation sites is 4. The van der Waals surface area contributed by atoms with E-state index in [9.17, 15) is 0 Å². The van der Waals surface area contributed by atoms with Crippen molar-refractivity contribution in [3.63, 3.8) is 0 Å². The summed E-state index contributed by atoms with van der Waals surface area (Å²) in [6.07, 6.45) is 0. The molecule has 0 fully saturated rings. The number of hydrogen-bond acceptors (Lipinski definition) is 0. The van der Waals surface area contributed by atoms with Gasteiger partial charge in [0.1, 0.15) is 0 Å². The van der Waals surface area contributed by atoms with E-state index in [0.717, 1.165) is 17.1 Å². The molecule has 0 atom stereocenters. The smallest absolute Gasteiger partial charge is 0.0547 e. The predicted molar refractivity (Wildman–Crippen MR) is 460 cm³/mol. The quantitative estimate of drug-likeness (QED) is 0.130. The highest BCUT2D eigenvalue weighted by Crippen LogP contribution is 2.50. The maximum Gasteiger partial charge on any atom is 0.0547 e. The fourth-order valence-electron chi connectivity index (χ4n) is 17.8. The minimum Gasteiger partial charge on any atom is -0.309 e. The van der Waals surface area contributed by atoms with Crippen molar-refractivity contribution in [2.75, 3.05) is 0 Å². The first-order chi connectivity index (χ1) is 53.8. The van der Waals surface area contributed by atoms with Crippen molar-refractivity contribution in [1.29, 1.82) is 0 Å². The summed E-state index contributed by atoms with van der Waals surface area (Å²) in [5.41, 5.74) is 34.2. The average Bonchev–Trinajstić information content (AvgIpc) is 1.59. The van der Waals surface area contributed by atoms with Gasteiger partial charge in [-0.15, -0.1) is 0 Å². The molecule has 1 aliphatic rings. The zero-order valence-electron chi connectivity index (χ0n) is 60.4. The standard InChI is InChI=1S/C54H36N2.C51H36N2/c1-4-14-37(15-5-1)40-24-28-45(29-25-40)55-52-23-13-11-21-48(52)50-35-41(27-31-53(50)55)42-26-30-49-47-20-10-12-22-51(47)56(54(49)36-42)46-33-43(38-16-6-2-7-17-38)32-44(34-46)39-18-8-3-9-19-39;1-51(2)45-17-9-6-14-39(45)40-28-26-38(32-46(40)51)53-47-18-10-7-15-41(47)43-27-22-36(31-50(43)53)35-23-29-49-44(30-35)42-16-8-11-19-48(42)52(49)37-24-20-34(21-25-37)33-12-4-3-5-13-33/h1-36H;3-32H,1-2H3. The maximum absolute atomic E-state index is 2.47. The predicted octanol–water partition coefficient (Wildman–Crippen LogP) is 28.1. The van der Waals surface area contributed by atoms with Gasteiger partial charge in [-0.3, -0.25) is 0 Å². The molecular formula is C105H72N4. The van der Waals surface area contributed by atoms with Crippen LogP contribution < -0.4 is 0 Å². The summed E-state index contributed by atoms with van der Waals surface area (Å²) >= 11 is 0. The van der Waals surface area contributed by atoms with E-state index in [0.29, 0.717) is 0 Å². The first kappa shape index (κ1) is 63.4. The molecule has 1 aliphatic carbocycles. The molecule has 0 amide bonds. The molecule has 0 aliphatic heterocycles. The van der Waals surface area contributed by atoms with Crippen LogP contribution in [-0.2, 0) is 5.41 Å². The van der Waals surface area contributed by atoms with Gasteiger partial charge in [0.2, 0.25) is 0 Å². The molecule has 4 heterocycles. The lowest BCUT2D eigenvalue weighted by molar-refractivity contribution is 0.660. The van der Waals surface area contributed by atoms with Gasteiger partial charge in [0, 0.05) is 71.3 Å². The highest BCUT2D eigenvalue weighted by atomic mass is 15.0. The molecule has 0 radical (unpaired) electrons. The number of nitrogens with zero attached hydrogens (tertiary/aromatic N) is 4. The molecule has 4 heteroatoms. The molecule has 109 heavy (non-hydrogen) atoms. The molecule has 21 aromatic rings. The van der Waals surface area contributed by atoms with Gasteiger partial charge in [-0.2, -0.15) is 0 Å². The molecule has 0 saturated heterocycles. The second-order valence-corrected chi connectivity index (χ2v) is 29.6. The van der Waals surface area contributed by atoms with Crippen LogP contribution in [0.3, 0.4) is 0 Å². The van der Waals surface area contributed by atoms with Crippen LogP contribution in [0.5, 0.6) is 0 Å². The van der Waals surface area contributed by atoms with Gasteiger partial charge in [0.05, 0.1) is 44.1 Å². The highest BCUT2D eigenvalue weighted by Gasteiger charge is 2.36. The van der Waals surface area contributed by atoms with E-state index in [1.54, 1.807) is 0 Å². The molecular weight excluding hydrogens is 1320 g/mol. The van der Waals surface area contributed by atoms with Crippen molar-refractivity contribution in [3.05, 3.63) is 412 Å². The molecule has 0 unspecified atom stereocenters. The van der Waals surface area contributed by atoms with E-state index in [1.165, 1.54) is 182 Å². The molecule has 4 aromatic heterocycles. The van der Waals surface area contributed by atoms with E-state index in [4.69, 9.17) is 0 Å². The Morgan fingerprint density at radius 3 is 0.890 bits per heavy atom. The van der Waals surface area contributed by atoms with Crippen LogP contribution >= 0.6 is 0 Å². The third-order valence-electron chi connectivity index (χ3n) is 23.0. The largest absolute Gasteiger partial charge is 0.309 e. The summed E-state index contributed by atoms with van der Waals surface area (Å²) < 4.78 is 9.72. The number of fused-ring (bicyclic) bond motifs is 15. The second kappa shape index (κ2) is 25.6. The summed E-state index contributed by atoms with van der Waals surface area (Å²) in [4.78, 5) is 0. The van der Waals surface area contributed by atoms with Crippen molar-refractivity contribution in [2.45, 2.75) is 19.3 Å². The summed E-state index contributed by atoms with van der Waals surface area (Å²) in [7, 11) is 0. The lowest BCUT2D eigenvalue weighted by Crippen LogP contribution is -2.15. The Hall–Kier alpha value is -14.1. The Morgan fingerprint density at radius 1 is 0.156 bits per heavy atom.